The number of carbonyl (C=O) groups is 1. The van der Waals surface area contributed by atoms with E-state index in [0.717, 1.165) is 25.7 Å². The third kappa shape index (κ3) is 5.20. The highest BCUT2D eigenvalue weighted by atomic mass is 19.3. The van der Waals surface area contributed by atoms with Crippen LogP contribution in [0.2, 0.25) is 0 Å². The Bertz CT molecular complexity index is 517. The van der Waals surface area contributed by atoms with Crippen molar-refractivity contribution in [3.63, 3.8) is 0 Å². The third-order valence-corrected chi connectivity index (χ3v) is 5.93. The Labute approximate surface area is 157 Å². The van der Waals surface area contributed by atoms with Crippen LogP contribution in [0.25, 0.3) is 0 Å². The van der Waals surface area contributed by atoms with Crippen LogP contribution in [0.5, 0.6) is 0 Å². The number of carbonyl (C=O) groups excluding carboxylic acids is 1. The Hall–Kier alpha value is -1.20. The number of halogens is 3. The predicted molar refractivity (Wildman–Crippen MR) is 94.5 cm³/mol. The minimum absolute atomic E-state index is 0.0621. The van der Waals surface area contributed by atoms with E-state index in [-0.39, 0.29) is 23.9 Å². The average Bonchev–Trinajstić information content (AvgIpc) is 3.17. The first-order valence-electron chi connectivity index (χ1n) is 9.63. The van der Waals surface area contributed by atoms with Crippen LogP contribution in [0.4, 0.5) is 13.2 Å². The van der Waals surface area contributed by atoms with Gasteiger partial charge in [0.05, 0.1) is 0 Å². The molecular formula is C17H29F3N6O. The fourth-order valence-electron chi connectivity index (χ4n) is 4.42. The second-order valence-electron chi connectivity index (χ2n) is 7.61. The van der Waals surface area contributed by atoms with Crippen molar-refractivity contribution in [1.29, 1.82) is 0 Å². The number of piperidine rings is 1. The van der Waals surface area contributed by atoms with Gasteiger partial charge in [0.25, 0.3) is 0 Å². The Kier molecular flexibility index (Phi) is 7.10. The Morgan fingerprint density at radius 3 is 2.59 bits per heavy atom. The molecule has 10 heteroatoms. The molecule has 2 saturated heterocycles. The van der Waals surface area contributed by atoms with E-state index in [9.17, 15) is 18.0 Å². The van der Waals surface area contributed by atoms with Gasteiger partial charge in [-0.15, -0.1) is 5.12 Å². The van der Waals surface area contributed by atoms with Gasteiger partial charge >= 0.3 is 6.55 Å². The molecule has 0 aromatic heterocycles. The summed E-state index contributed by atoms with van der Waals surface area (Å²) in [4.78, 5) is 11.5. The summed E-state index contributed by atoms with van der Waals surface area (Å²) in [5.41, 5.74) is 8.01. The summed E-state index contributed by atoms with van der Waals surface area (Å²) in [6.07, 6.45) is 4.70. The SMILES string of the molecule is C=CC(=O)NCC1CCC(C2CCC(F)CC2)NC1C1NNN(C(F)F)N1. The molecule has 3 rings (SSSR count). The van der Waals surface area contributed by atoms with E-state index < -0.39 is 18.9 Å². The summed E-state index contributed by atoms with van der Waals surface area (Å²) < 4.78 is 39.3. The molecule has 5 N–H and O–H groups in total. The zero-order valence-corrected chi connectivity index (χ0v) is 15.3. The van der Waals surface area contributed by atoms with Gasteiger partial charge in [0, 0.05) is 18.6 Å². The van der Waals surface area contributed by atoms with Gasteiger partial charge < -0.3 is 10.6 Å². The molecule has 2 heterocycles. The molecule has 0 bridgehead atoms. The zero-order chi connectivity index (χ0) is 19.4. The van der Waals surface area contributed by atoms with Crippen molar-refractivity contribution in [3.8, 4) is 0 Å². The molecule has 4 atom stereocenters. The number of nitrogens with zero attached hydrogens (tertiary/aromatic N) is 1. The van der Waals surface area contributed by atoms with Crippen LogP contribution in [-0.4, -0.2) is 48.5 Å². The molecule has 154 valence electrons. The van der Waals surface area contributed by atoms with Gasteiger partial charge in [-0.05, 0) is 56.4 Å². The highest BCUT2D eigenvalue weighted by molar-refractivity contribution is 5.86. The van der Waals surface area contributed by atoms with Gasteiger partial charge in [0.15, 0.2) is 0 Å². The summed E-state index contributed by atoms with van der Waals surface area (Å²) in [7, 11) is 0. The molecule has 0 aromatic rings. The summed E-state index contributed by atoms with van der Waals surface area (Å²) >= 11 is 0. The number of alkyl halides is 3. The Morgan fingerprint density at radius 2 is 1.96 bits per heavy atom. The fourth-order valence-corrected chi connectivity index (χ4v) is 4.42. The third-order valence-electron chi connectivity index (χ3n) is 5.93. The maximum atomic E-state index is 13.5. The fraction of sp³-hybridized carbons (Fsp3) is 0.824. The lowest BCUT2D eigenvalue weighted by molar-refractivity contribution is -0.116. The van der Waals surface area contributed by atoms with Crippen LogP contribution in [0, 0.1) is 11.8 Å². The molecule has 0 aromatic carbocycles. The van der Waals surface area contributed by atoms with Gasteiger partial charge in [-0.25, -0.2) is 15.2 Å². The lowest BCUT2D eigenvalue weighted by atomic mass is 9.76. The lowest BCUT2D eigenvalue weighted by Crippen LogP contribution is -2.63. The number of hydrazine groups is 3. The van der Waals surface area contributed by atoms with Crippen molar-refractivity contribution >= 4 is 5.91 Å². The van der Waals surface area contributed by atoms with Gasteiger partial charge in [-0.3, -0.25) is 4.79 Å². The van der Waals surface area contributed by atoms with Gasteiger partial charge in [-0.2, -0.15) is 14.3 Å². The van der Waals surface area contributed by atoms with Crippen LogP contribution in [0.3, 0.4) is 0 Å². The first kappa shape index (κ1) is 20.5. The molecule has 0 radical (unpaired) electrons. The summed E-state index contributed by atoms with van der Waals surface area (Å²) in [5, 5.41) is 7.03. The monoisotopic (exact) mass is 390 g/mol. The number of hydrogen-bond acceptors (Lipinski definition) is 6. The van der Waals surface area contributed by atoms with Crippen molar-refractivity contribution in [3.05, 3.63) is 12.7 Å². The topological polar surface area (TPSA) is 80.5 Å². The molecular weight excluding hydrogens is 361 g/mol. The molecule has 2 aliphatic heterocycles. The van der Waals surface area contributed by atoms with Crippen LogP contribution >= 0.6 is 0 Å². The molecule has 0 spiro atoms. The van der Waals surface area contributed by atoms with Gasteiger partial charge in [0.2, 0.25) is 5.91 Å². The molecule has 3 aliphatic rings. The minimum atomic E-state index is -2.69. The van der Waals surface area contributed by atoms with Crippen LogP contribution in [0.1, 0.15) is 38.5 Å². The Balaban J connectivity index is 1.64. The maximum Gasteiger partial charge on any atom is 0.320 e. The summed E-state index contributed by atoms with van der Waals surface area (Å²) in [6.45, 7) is 1.18. The quantitative estimate of drug-likeness (QED) is 0.343. The van der Waals surface area contributed by atoms with Crippen molar-refractivity contribution in [2.45, 2.75) is 69.5 Å². The largest absolute Gasteiger partial charge is 0.352 e. The Morgan fingerprint density at radius 1 is 1.22 bits per heavy atom. The van der Waals surface area contributed by atoms with Crippen molar-refractivity contribution in [2.24, 2.45) is 11.8 Å². The number of rotatable bonds is 6. The second kappa shape index (κ2) is 9.33. The van der Waals surface area contributed by atoms with Crippen molar-refractivity contribution < 1.29 is 18.0 Å². The number of amides is 1. The number of nitrogens with one attached hydrogen (secondary N) is 5. The van der Waals surface area contributed by atoms with Crippen LogP contribution < -0.4 is 27.0 Å². The van der Waals surface area contributed by atoms with E-state index in [1.807, 2.05) is 0 Å². The van der Waals surface area contributed by atoms with Crippen molar-refractivity contribution in [1.82, 2.24) is 32.1 Å². The minimum Gasteiger partial charge on any atom is -0.352 e. The highest BCUT2D eigenvalue weighted by Crippen LogP contribution is 2.34. The van der Waals surface area contributed by atoms with E-state index >= 15 is 0 Å². The van der Waals surface area contributed by atoms with E-state index in [1.165, 1.54) is 6.08 Å². The summed E-state index contributed by atoms with van der Waals surface area (Å²) in [6, 6.07) is 0.0475. The average molecular weight is 390 g/mol. The van der Waals surface area contributed by atoms with E-state index in [4.69, 9.17) is 0 Å². The highest BCUT2D eigenvalue weighted by Gasteiger charge is 2.42. The van der Waals surface area contributed by atoms with E-state index in [2.05, 4.69) is 33.6 Å². The zero-order valence-electron chi connectivity index (χ0n) is 15.3. The molecule has 1 aliphatic carbocycles. The molecule has 7 nitrogen and oxygen atoms in total. The molecule has 4 unspecified atom stereocenters. The maximum absolute atomic E-state index is 13.5. The van der Waals surface area contributed by atoms with Gasteiger partial charge in [0.1, 0.15) is 12.3 Å². The van der Waals surface area contributed by atoms with Crippen LogP contribution in [-0.2, 0) is 4.79 Å². The normalized spacial score (nSPS) is 38.1. The first-order valence-corrected chi connectivity index (χ1v) is 9.63. The second-order valence-corrected chi connectivity index (χ2v) is 7.61. The molecule has 1 amide bonds. The molecule has 3 fully saturated rings. The van der Waals surface area contributed by atoms with Crippen LogP contribution in [0.15, 0.2) is 12.7 Å². The standard InChI is InChI=1S/C17H29F3N6O/c1-2-14(27)21-9-11-5-8-13(10-3-6-12(18)7-4-10)22-15(11)16-23-25-26(24-16)17(19)20/h2,10-13,15-17,22-25H,1,3-9H2,(H,21,27). The molecule has 1 saturated carbocycles. The predicted octanol–water partition coefficient (Wildman–Crippen LogP) is 0.932. The lowest BCUT2D eigenvalue weighted by Gasteiger charge is -2.44. The van der Waals surface area contributed by atoms with Gasteiger partial charge in [-0.1, -0.05) is 6.58 Å². The van der Waals surface area contributed by atoms with E-state index in [0.29, 0.717) is 30.4 Å². The summed E-state index contributed by atoms with van der Waals surface area (Å²) in [5.74, 6) is 0.202. The molecule has 27 heavy (non-hydrogen) atoms. The number of hydrogen-bond donors (Lipinski definition) is 5. The van der Waals surface area contributed by atoms with Crippen molar-refractivity contribution in [2.75, 3.05) is 6.54 Å². The first-order chi connectivity index (χ1) is 13.0. The smallest absolute Gasteiger partial charge is 0.320 e. The van der Waals surface area contributed by atoms with E-state index in [1.54, 1.807) is 0 Å².